The van der Waals surface area contributed by atoms with Crippen LogP contribution >= 0.6 is 0 Å². The molecule has 2 atom stereocenters. The van der Waals surface area contributed by atoms with Crippen LogP contribution < -0.4 is 5.32 Å². The van der Waals surface area contributed by atoms with Gasteiger partial charge in [-0.05, 0) is 55.0 Å². The van der Waals surface area contributed by atoms with Gasteiger partial charge in [-0.15, -0.1) is 0 Å². The van der Waals surface area contributed by atoms with Crippen LogP contribution in [-0.2, 0) is 14.3 Å². The van der Waals surface area contributed by atoms with E-state index in [-0.39, 0.29) is 12.4 Å². The molecule has 0 aromatic heterocycles. The van der Waals surface area contributed by atoms with Crippen molar-refractivity contribution in [3.05, 3.63) is 71.8 Å². The summed E-state index contributed by atoms with van der Waals surface area (Å²) in [5.74, 6) is -1.13. The molecule has 2 aromatic carbocycles. The number of benzene rings is 2. The summed E-state index contributed by atoms with van der Waals surface area (Å²) < 4.78 is 11.1. The van der Waals surface area contributed by atoms with Crippen LogP contribution in [0, 0.1) is 11.3 Å². The molecule has 0 spiro atoms. The second kappa shape index (κ2) is 10.5. The van der Waals surface area contributed by atoms with Gasteiger partial charge in [0, 0.05) is 18.4 Å². The lowest BCUT2D eigenvalue weighted by Crippen LogP contribution is -2.27. The van der Waals surface area contributed by atoms with E-state index in [2.05, 4.69) is 5.32 Å². The first-order chi connectivity index (χ1) is 13.9. The SMILES string of the molecule is CCO[C@@H](/C=C/C(=O)O)[C@@H](OC(=O)Nc1ccc(C#N)cc1)c1ccc(O)cc1. The van der Waals surface area contributed by atoms with Gasteiger partial charge < -0.3 is 19.7 Å². The number of aromatic hydroxyl groups is 1. The molecule has 8 heteroatoms. The van der Waals surface area contributed by atoms with E-state index in [0.29, 0.717) is 16.8 Å². The Balaban J connectivity index is 2.25. The Bertz CT molecular complexity index is 900. The van der Waals surface area contributed by atoms with Crippen LogP contribution in [0.4, 0.5) is 10.5 Å². The number of phenols is 1. The molecule has 0 saturated heterocycles. The van der Waals surface area contributed by atoms with Crippen LogP contribution in [0.5, 0.6) is 5.75 Å². The topological polar surface area (TPSA) is 129 Å². The van der Waals surface area contributed by atoms with Crippen molar-refractivity contribution in [2.75, 3.05) is 11.9 Å². The number of nitriles is 1. The molecule has 8 nitrogen and oxygen atoms in total. The molecule has 0 unspecified atom stereocenters. The molecule has 0 saturated carbocycles. The van der Waals surface area contributed by atoms with Crippen LogP contribution in [0.25, 0.3) is 0 Å². The average molecular weight is 396 g/mol. The molecular formula is C21H20N2O6. The standard InChI is InChI=1S/C21H20N2O6/c1-2-28-18(11-12-19(25)26)20(15-5-9-17(24)10-6-15)29-21(27)23-16-7-3-14(13-22)4-8-16/h3-12,18,20,24H,2H2,1H3,(H,23,27)(H,25,26)/b12-11+/t18-,20-/m0/s1. The fraction of sp³-hybridized carbons (Fsp3) is 0.190. The highest BCUT2D eigenvalue weighted by molar-refractivity contribution is 5.85. The number of rotatable bonds is 8. The van der Waals surface area contributed by atoms with Crippen molar-refractivity contribution in [3.8, 4) is 11.8 Å². The van der Waals surface area contributed by atoms with Crippen molar-refractivity contribution in [1.82, 2.24) is 0 Å². The summed E-state index contributed by atoms with van der Waals surface area (Å²) in [7, 11) is 0. The Morgan fingerprint density at radius 1 is 1.17 bits per heavy atom. The average Bonchev–Trinajstić information content (AvgIpc) is 2.71. The predicted octanol–water partition coefficient (Wildman–Crippen LogP) is 3.60. The number of nitrogens with zero attached hydrogens (tertiary/aromatic N) is 1. The minimum atomic E-state index is -1.17. The van der Waals surface area contributed by atoms with E-state index >= 15 is 0 Å². The van der Waals surface area contributed by atoms with Gasteiger partial charge in [0.15, 0.2) is 6.10 Å². The fourth-order valence-electron chi connectivity index (χ4n) is 2.49. The molecule has 0 aliphatic rings. The van der Waals surface area contributed by atoms with Crippen LogP contribution in [0.1, 0.15) is 24.2 Å². The minimum absolute atomic E-state index is 0.0311. The van der Waals surface area contributed by atoms with Gasteiger partial charge in [0.25, 0.3) is 0 Å². The third-order valence-electron chi connectivity index (χ3n) is 3.80. The third kappa shape index (κ3) is 6.68. The maximum Gasteiger partial charge on any atom is 0.412 e. The first-order valence-electron chi connectivity index (χ1n) is 8.72. The van der Waals surface area contributed by atoms with E-state index in [1.165, 1.54) is 18.2 Å². The van der Waals surface area contributed by atoms with Crippen molar-refractivity contribution in [2.24, 2.45) is 0 Å². The van der Waals surface area contributed by atoms with Gasteiger partial charge in [-0.25, -0.2) is 9.59 Å². The molecule has 0 radical (unpaired) electrons. The third-order valence-corrected chi connectivity index (χ3v) is 3.80. The quantitative estimate of drug-likeness (QED) is 0.581. The van der Waals surface area contributed by atoms with Gasteiger partial charge in [-0.2, -0.15) is 5.26 Å². The van der Waals surface area contributed by atoms with Gasteiger partial charge in [-0.3, -0.25) is 5.32 Å². The summed E-state index contributed by atoms with van der Waals surface area (Å²) in [5, 5.41) is 29.8. The largest absolute Gasteiger partial charge is 0.508 e. The first kappa shape index (κ1) is 21.5. The van der Waals surface area contributed by atoms with Gasteiger partial charge in [0.1, 0.15) is 11.9 Å². The molecule has 2 rings (SSSR count). The van der Waals surface area contributed by atoms with Crippen LogP contribution in [0.15, 0.2) is 60.7 Å². The van der Waals surface area contributed by atoms with Crippen molar-refractivity contribution in [1.29, 1.82) is 5.26 Å². The summed E-state index contributed by atoms with van der Waals surface area (Å²) in [5.41, 5.74) is 1.37. The number of carboxylic acids is 1. The maximum absolute atomic E-state index is 12.4. The fourth-order valence-corrected chi connectivity index (χ4v) is 2.49. The summed E-state index contributed by atoms with van der Waals surface area (Å²) in [6, 6.07) is 14.1. The highest BCUT2D eigenvalue weighted by atomic mass is 16.6. The molecule has 150 valence electrons. The lowest BCUT2D eigenvalue weighted by atomic mass is 10.0. The highest BCUT2D eigenvalue weighted by Crippen LogP contribution is 2.27. The molecule has 0 bridgehead atoms. The molecule has 0 heterocycles. The molecule has 0 fully saturated rings. The van der Waals surface area contributed by atoms with Gasteiger partial charge >= 0.3 is 12.1 Å². The predicted molar refractivity (Wildman–Crippen MR) is 104 cm³/mol. The molecule has 0 aliphatic heterocycles. The smallest absolute Gasteiger partial charge is 0.412 e. The Labute approximate surface area is 167 Å². The highest BCUT2D eigenvalue weighted by Gasteiger charge is 2.26. The molecule has 1 amide bonds. The zero-order chi connectivity index (χ0) is 21.2. The van der Waals surface area contributed by atoms with Crippen molar-refractivity contribution in [3.63, 3.8) is 0 Å². The molecular weight excluding hydrogens is 376 g/mol. The molecule has 0 aliphatic carbocycles. The number of carboxylic acid groups (broad SMARTS) is 1. The molecule has 2 aromatic rings. The van der Waals surface area contributed by atoms with Crippen molar-refractivity contribution in [2.45, 2.75) is 19.1 Å². The first-order valence-corrected chi connectivity index (χ1v) is 8.72. The Morgan fingerprint density at radius 3 is 2.38 bits per heavy atom. The second-order valence-corrected chi connectivity index (χ2v) is 5.85. The van der Waals surface area contributed by atoms with E-state index in [1.54, 1.807) is 43.3 Å². The Morgan fingerprint density at radius 2 is 1.83 bits per heavy atom. The van der Waals surface area contributed by atoms with E-state index < -0.39 is 24.3 Å². The second-order valence-electron chi connectivity index (χ2n) is 5.85. The molecule has 3 N–H and O–H groups in total. The Hall–Kier alpha value is -3.83. The number of nitrogens with one attached hydrogen (secondary N) is 1. The van der Waals surface area contributed by atoms with Crippen LogP contribution in [0.3, 0.4) is 0 Å². The number of aliphatic carboxylic acids is 1. The summed E-state index contributed by atoms with van der Waals surface area (Å²) in [4.78, 5) is 23.3. The lowest BCUT2D eigenvalue weighted by Gasteiger charge is -2.25. The minimum Gasteiger partial charge on any atom is -0.508 e. The van der Waals surface area contributed by atoms with Gasteiger partial charge in [-0.1, -0.05) is 12.1 Å². The van der Waals surface area contributed by atoms with E-state index in [0.717, 1.165) is 6.08 Å². The Kier molecular flexibility index (Phi) is 7.77. The normalized spacial score (nSPS) is 12.7. The number of carbonyl (C=O) groups is 2. The molecule has 29 heavy (non-hydrogen) atoms. The summed E-state index contributed by atoms with van der Waals surface area (Å²) in [6.07, 6.45) is -0.424. The van der Waals surface area contributed by atoms with Crippen molar-refractivity contribution >= 4 is 17.7 Å². The van der Waals surface area contributed by atoms with Gasteiger partial charge in [0.05, 0.1) is 11.6 Å². The number of anilines is 1. The zero-order valence-corrected chi connectivity index (χ0v) is 15.6. The summed E-state index contributed by atoms with van der Waals surface area (Å²) in [6.45, 7) is 1.98. The number of phenolic OH excluding ortho intramolecular Hbond substituents is 1. The van der Waals surface area contributed by atoms with E-state index in [9.17, 15) is 14.7 Å². The van der Waals surface area contributed by atoms with E-state index in [4.69, 9.17) is 19.8 Å². The monoisotopic (exact) mass is 396 g/mol. The van der Waals surface area contributed by atoms with E-state index in [1.807, 2.05) is 6.07 Å². The maximum atomic E-state index is 12.4. The number of amides is 1. The summed E-state index contributed by atoms with van der Waals surface area (Å²) >= 11 is 0. The van der Waals surface area contributed by atoms with Crippen LogP contribution in [-0.4, -0.2) is 35.0 Å². The van der Waals surface area contributed by atoms with Crippen molar-refractivity contribution < 1.29 is 29.3 Å². The number of ether oxygens (including phenoxy) is 2. The number of carbonyl (C=O) groups excluding carboxylic acids is 1. The lowest BCUT2D eigenvalue weighted by molar-refractivity contribution is -0.131. The number of hydrogen-bond donors (Lipinski definition) is 3. The zero-order valence-electron chi connectivity index (χ0n) is 15.6. The van der Waals surface area contributed by atoms with Crippen LogP contribution in [0.2, 0.25) is 0 Å². The van der Waals surface area contributed by atoms with Gasteiger partial charge in [0.2, 0.25) is 0 Å². The number of hydrogen-bond acceptors (Lipinski definition) is 6.